The van der Waals surface area contributed by atoms with Gasteiger partial charge in [0.15, 0.2) is 0 Å². The Morgan fingerprint density at radius 2 is 2.22 bits per heavy atom. The Bertz CT molecular complexity index is 363. The van der Waals surface area contributed by atoms with Gasteiger partial charge in [-0.3, -0.25) is 9.80 Å². The predicted molar refractivity (Wildman–Crippen MR) is 72.7 cm³/mol. The van der Waals surface area contributed by atoms with Gasteiger partial charge in [-0.05, 0) is 58.0 Å². The molecular formula is C15H24N2O. The average molecular weight is 248 g/mol. The summed E-state index contributed by atoms with van der Waals surface area (Å²) < 4.78 is 5.48. The number of rotatable bonds is 3. The van der Waals surface area contributed by atoms with Crippen LogP contribution in [0.2, 0.25) is 0 Å². The van der Waals surface area contributed by atoms with Crippen molar-refractivity contribution in [3.8, 4) is 0 Å². The summed E-state index contributed by atoms with van der Waals surface area (Å²) in [6.45, 7) is 7.46. The molecule has 0 N–H and O–H groups in total. The third kappa shape index (κ3) is 2.62. The molecule has 0 saturated carbocycles. The number of fused-ring (bicyclic) bond motifs is 1. The monoisotopic (exact) mass is 248 g/mol. The molecule has 2 unspecified atom stereocenters. The molecule has 1 aromatic rings. The summed E-state index contributed by atoms with van der Waals surface area (Å²) in [5.41, 5.74) is 0. The minimum atomic E-state index is 0.594. The van der Waals surface area contributed by atoms with E-state index in [0.29, 0.717) is 6.04 Å². The van der Waals surface area contributed by atoms with E-state index in [-0.39, 0.29) is 0 Å². The predicted octanol–water partition coefficient (Wildman–Crippen LogP) is 2.38. The Balaban J connectivity index is 1.60. The highest BCUT2D eigenvalue weighted by atomic mass is 16.3. The fraction of sp³-hybridized carbons (Fsp3) is 0.733. The van der Waals surface area contributed by atoms with E-state index in [1.54, 1.807) is 6.26 Å². The average Bonchev–Trinajstić information content (AvgIpc) is 2.97. The molecule has 0 bridgehead atoms. The summed E-state index contributed by atoms with van der Waals surface area (Å²) >= 11 is 0. The van der Waals surface area contributed by atoms with Gasteiger partial charge in [0, 0.05) is 25.0 Å². The van der Waals surface area contributed by atoms with E-state index < -0.39 is 0 Å². The zero-order valence-corrected chi connectivity index (χ0v) is 11.3. The smallest absolute Gasteiger partial charge is 0.105 e. The van der Waals surface area contributed by atoms with Gasteiger partial charge in [0.1, 0.15) is 5.76 Å². The Morgan fingerprint density at radius 3 is 3.06 bits per heavy atom. The molecule has 0 aliphatic carbocycles. The minimum Gasteiger partial charge on any atom is -0.469 e. The first-order valence-electron chi connectivity index (χ1n) is 7.33. The number of hydrogen-bond acceptors (Lipinski definition) is 3. The Morgan fingerprint density at radius 1 is 1.33 bits per heavy atom. The van der Waals surface area contributed by atoms with Crippen LogP contribution in [0.1, 0.15) is 31.9 Å². The Kier molecular flexibility index (Phi) is 3.71. The van der Waals surface area contributed by atoms with Crippen LogP contribution in [-0.4, -0.2) is 48.1 Å². The first-order valence-corrected chi connectivity index (χ1v) is 7.33. The van der Waals surface area contributed by atoms with Crippen molar-refractivity contribution in [3.05, 3.63) is 24.2 Å². The largest absolute Gasteiger partial charge is 0.469 e. The Hall–Kier alpha value is -0.800. The van der Waals surface area contributed by atoms with Gasteiger partial charge >= 0.3 is 0 Å². The number of furan rings is 1. The number of nitrogens with zero attached hydrogens (tertiary/aromatic N) is 2. The second kappa shape index (κ2) is 5.45. The second-order valence-corrected chi connectivity index (χ2v) is 5.81. The van der Waals surface area contributed by atoms with Crippen LogP contribution in [-0.2, 0) is 6.42 Å². The third-order valence-corrected chi connectivity index (χ3v) is 4.54. The van der Waals surface area contributed by atoms with Crippen molar-refractivity contribution in [1.29, 1.82) is 0 Å². The lowest BCUT2D eigenvalue weighted by Crippen LogP contribution is -2.41. The van der Waals surface area contributed by atoms with Crippen molar-refractivity contribution in [2.75, 3.05) is 26.2 Å². The first-order chi connectivity index (χ1) is 8.83. The molecule has 0 radical (unpaired) electrons. The molecule has 18 heavy (non-hydrogen) atoms. The van der Waals surface area contributed by atoms with Crippen LogP contribution >= 0.6 is 0 Å². The molecule has 2 aliphatic heterocycles. The second-order valence-electron chi connectivity index (χ2n) is 5.81. The maximum Gasteiger partial charge on any atom is 0.105 e. The molecule has 100 valence electrons. The molecule has 2 aliphatic rings. The number of hydrogen-bond donors (Lipinski definition) is 0. The molecule has 2 saturated heterocycles. The lowest BCUT2D eigenvalue weighted by Gasteiger charge is -2.30. The molecule has 1 aromatic heterocycles. The minimum absolute atomic E-state index is 0.594. The van der Waals surface area contributed by atoms with Crippen LogP contribution in [0.4, 0.5) is 0 Å². The van der Waals surface area contributed by atoms with Gasteiger partial charge in [0.05, 0.1) is 6.26 Å². The van der Waals surface area contributed by atoms with Crippen LogP contribution in [0.15, 0.2) is 22.8 Å². The maximum atomic E-state index is 5.48. The third-order valence-electron chi connectivity index (χ3n) is 4.54. The van der Waals surface area contributed by atoms with Gasteiger partial charge in [-0.25, -0.2) is 0 Å². The van der Waals surface area contributed by atoms with Crippen LogP contribution in [0.3, 0.4) is 0 Å². The van der Waals surface area contributed by atoms with E-state index >= 15 is 0 Å². The summed E-state index contributed by atoms with van der Waals surface area (Å²) in [6, 6.07) is 5.49. The highest BCUT2D eigenvalue weighted by Gasteiger charge is 2.30. The molecule has 3 rings (SSSR count). The van der Waals surface area contributed by atoms with Crippen molar-refractivity contribution >= 4 is 0 Å². The molecule has 3 heterocycles. The summed E-state index contributed by atoms with van der Waals surface area (Å²) in [5, 5.41) is 0. The summed E-state index contributed by atoms with van der Waals surface area (Å²) in [6.07, 6.45) is 6.93. The van der Waals surface area contributed by atoms with E-state index in [2.05, 4.69) is 22.8 Å². The standard InChI is InChI=1S/C15H24N2O/c1-13(11-15-6-3-10-18-15)17-9-4-8-16-7-2-5-14(16)12-17/h3,6,10,13-14H,2,4-5,7-9,11-12H2,1H3. The fourth-order valence-corrected chi connectivity index (χ4v) is 3.48. The summed E-state index contributed by atoms with van der Waals surface area (Å²) in [7, 11) is 0. The van der Waals surface area contributed by atoms with Crippen molar-refractivity contribution in [2.24, 2.45) is 0 Å². The van der Waals surface area contributed by atoms with Crippen molar-refractivity contribution in [3.63, 3.8) is 0 Å². The molecular weight excluding hydrogens is 224 g/mol. The zero-order valence-electron chi connectivity index (χ0n) is 11.3. The van der Waals surface area contributed by atoms with Gasteiger partial charge in [0.2, 0.25) is 0 Å². The maximum absolute atomic E-state index is 5.48. The SMILES string of the molecule is CC(Cc1ccco1)N1CCCN2CCCC2C1. The molecule has 3 nitrogen and oxygen atoms in total. The zero-order chi connectivity index (χ0) is 12.4. The quantitative estimate of drug-likeness (QED) is 0.819. The van der Waals surface area contributed by atoms with E-state index in [1.165, 1.54) is 45.4 Å². The van der Waals surface area contributed by atoms with Gasteiger partial charge in [0.25, 0.3) is 0 Å². The van der Waals surface area contributed by atoms with E-state index in [9.17, 15) is 0 Å². The molecule has 2 atom stereocenters. The van der Waals surface area contributed by atoms with Gasteiger partial charge in [-0.15, -0.1) is 0 Å². The van der Waals surface area contributed by atoms with E-state index in [0.717, 1.165) is 18.2 Å². The van der Waals surface area contributed by atoms with Crippen LogP contribution in [0, 0.1) is 0 Å². The normalized spacial score (nSPS) is 27.9. The van der Waals surface area contributed by atoms with Crippen LogP contribution in [0.25, 0.3) is 0 Å². The molecule has 3 heteroatoms. The summed E-state index contributed by atoms with van der Waals surface area (Å²) in [5.74, 6) is 1.12. The van der Waals surface area contributed by atoms with Gasteiger partial charge in [-0.2, -0.15) is 0 Å². The Labute approximate surface area is 110 Å². The van der Waals surface area contributed by atoms with Crippen LogP contribution < -0.4 is 0 Å². The molecule has 0 aromatic carbocycles. The van der Waals surface area contributed by atoms with Crippen molar-refractivity contribution < 1.29 is 4.42 Å². The highest BCUT2D eigenvalue weighted by molar-refractivity contribution is 5.00. The first kappa shape index (κ1) is 12.2. The highest BCUT2D eigenvalue weighted by Crippen LogP contribution is 2.23. The molecule has 2 fully saturated rings. The lowest BCUT2D eigenvalue weighted by atomic mass is 10.1. The van der Waals surface area contributed by atoms with Gasteiger partial charge < -0.3 is 4.42 Å². The van der Waals surface area contributed by atoms with Gasteiger partial charge in [-0.1, -0.05) is 0 Å². The van der Waals surface area contributed by atoms with E-state index in [4.69, 9.17) is 4.42 Å². The van der Waals surface area contributed by atoms with Crippen molar-refractivity contribution in [2.45, 2.75) is 44.7 Å². The molecule has 0 amide bonds. The molecule has 0 spiro atoms. The van der Waals surface area contributed by atoms with Crippen LogP contribution in [0.5, 0.6) is 0 Å². The van der Waals surface area contributed by atoms with E-state index in [1.807, 2.05) is 6.07 Å². The fourth-order valence-electron chi connectivity index (χ4n) is 3.48. The van der Waals surface area contributed by atoms with Crippen molar-refractivity contribution in [1.82, 2.24) is 9.80 Å². The lowest BCUT2D eigenvalue weighted by molar-refractivity contribution is 0.176. The summed E-state index contributed by atoms with van der Waals surface area (Å²) in [4.78, 5) is 5.36. The topological polar surface area (TPSA) is 19.6 Å².